The molecular formula is C13H15NO5S. The lowest BCUT2D eigenvalue weighted by Crippen LogP contribution is -2.22. The molecule has 0 saturated heterocycles. The molecular weight excluding hydrogens is 282 g/mol. The van der Waals surface area contributed by atoms with Gasteiger partial charge in [-0.05, 0) is 18.9 Å². The average Bonchev–Trinajstić information content (AvgIpc) is 2.92. The molecule has 0 radical (unpaired) electrons. The van der Waals surface area contributed by atoms with Crippen molar-refractivity contribution in [2.75, 3.05) is 5.75 Å². The molecule has 7 heteroatoms. The lowest BCUT2D eigenvalue weighted by Gasteiger charge is -2.08. The number of nitro benzene ring substituents is 1. The molecule has 6 nitrogen and oxygen atoms in total. The number of carbonyl (C=O) groups is 1. The second-order valence-electron chi connectivity index (χ2n) is 4.93. The molecule has 1 aliphatic rings. The molecule has 0 N–H and O–H groups in total. The van der Waals surface area contributed by atoms with E-state index in [-0.39, 0.29) is 16.6 Å². The molecule has 0 spiro atoms. The van der Waals surface area contributed by atoms with Gasteiger partial charge in [0.2, 0.25) is 0 Å². The van der Waals surface area contributed by atoms with Crippen LogP contribution in [0.1, 0.15) is 25.7 Å². The highest BCUT2D eigenvalue weighted by atomic mass is 32.2. The van der Waals surface area contributed by atoms with Gasteiger partial charge >= 0.3 is 0 Å². The predicted molar refractivity (Wildman–Crippen MR) is 72.1 cm³/mol. The fourth-order valence-electron chi connectivity index (χ4n) is 2.50. The van der Waals surface area contributed by atoms with E-state index in [0.29, 0.717) is 12.8 Å². The van der Waals surface area contributed by atoms with Crippen LogP contribution in [0.15, 0.2) is 29.2 Å². The standard InChI is InChI=1S/C13H15NO5S/c15-12(10-5-1-2-6-10)9-20(18,19)13-8-4-3-7-11(13)14(16)17/h3-4,7-8,10H,1-2,5-6,9H2. The highest BCUT2D eigenvalue weighted by Gasteiger charge is 2.31. The Labute approximate surface area is 116 Å². The quantitative estimate of drug-likeness (QED) is 0.613. The van der Waals surface area contributed by atoms with Gasteiger partial charge in [0.25, 0.3) is 5.69 Å². The Morgan fingerprint density at radius 2 is 1.85 bits per heavy atom. The first-order valence-corrected chi connectivity index (χ1v) is 8.06. The molecule has 0 aliphatic heterocycles. The molecule has 0 amide bonds. The Morgan fingerprint density at radius 3 is 2.45 bits per heavy atom. The van der Waals surface area contributed by atoms with Gasteiger partial charge in [0.1, 0.15) is 10.6 Å². The number of rotatable bonds is 5. The first kappa shape index (κ1) is 14.6. The fourth-order valence-corrected chi connectivity index (χ4v) is 4.01. The summed E-state index contributed by atoms with van der Waals surface area (Å²) >= 11 is 0. The number of carbonyl (C=O) groups excluding carboxylic acids is 1. The minimum absolute atomic E-state index is 0.215. The van der Waals surface area contributed by atoms with E-state index in [1.807, 2.05) is 0 Å². The van der Waals surface area contributed by atoms with Gasteiger partial charge in [0.15, 0.2) is 15.6 Å². The molecule has 0 aromatic heterocycles. The molecule has 0 atom stereocenters. The summed E-state index contributed by atoms with van der Waals surface area (Å²) in [5.41, 5.74) is -0.480. The van der Waals surface area contributed by atoms with Crippen LogP contribution in [0.25, 0.3) is 0 Å². The molecule has 20 heavy (non-hydrogen) atoms. The monoisotopic (exact) mass is 297 g/mol. The SMILES string of the molecule is O=C(CS(=O)(=O)c1ccccc1[N+](=O)[O-])C1CCCC1. The molecule has 1 fully saturated rings. The maximum Gasteiger partial charge on any atom is 0.287 e. The second-order valence-corrected chi connectivity index (χ2v) is 6.89. The van der Waals surface area contributed by atoms with E-state index < -0.39 is 26.2 Å². The van der Waals surface area contributed by atoms with Crippen LogP contribution >= 0.6 is 0 Å². The van der Waals surface area contributed by atoms with Crippen molar-refractivity contribution >= 4 is 21.3 Å². The fraction of sp³-hybridized carbons (Fsp3) is 0.462. The summed E-state index contributed by atoms with van der Waals surface area (Å²) < 4.78 is 24.4. The summed E-state index contributed by atoms with van der Waals surface area (Å²) in [4.78, 5) is 21.7. The van der Waals surface area contributed by atoms with E-state index >= 15 is 0 Å². The Bertz CT molecular complexity index is 632. The van der Waals surface area contributed by atoms with Crippen molar-refractivity contribution in [3.05, 3.63) is 34.4 Å². The third-order valence-electron chi connectivity index (χ3n) is 3.54. The van der Waals surface area contributed by atoms with Crippen LogP contribution in [0.5, 0.6) is 0 Å². The van der Waals surface area contributed by atoms with E-state index in [4.69, 9.17) is 0 Å². The van der Waals surface area contributed by atoms with Crippen LogP contribution in [-0.2, 0) is 14.6 Å². The predicted octanol–water partition coefficient (Wildman–Crippen LogP) is 2.13. The lowest BCUT2D eigenvalue weighted by molar-refractivity contribution is -0.387. The molecule has 0 bridgehead atoms. The Hall–Kier alpha value is -1.76. The van der Waals surface area contributed by atoms with Crippen molar-refractivity contribution < 1.29 is 18.1 Å². The number of ketones is 1. The van der Waals surface area contributed by atoms with Gasteiger partial charge in [0, 0.05) is 12.0 Å². The van der Waals surface area contributed by atoms with Crippen molar-refractivity contribution in [2.45, 2.75) is 30.6 Å². The van der Waals surface area contributed by atoms with Gasteiger partial charge in [-0.1, -0.05) is 25.0 Å². The van der Waals surface area contributed by atoms with Crippen molar-refractivity contribution in [1.82, 2.24) is 0 Å². The number of nitrogens with zero attached hydrogens (tertiary/aromatic N) is 1. The number of para-hydroxylation sites is 1. The molecule has 2 rings (SSSR count). The van der Waals surface area contributed by atoms with Crippen LogP contribution in [0.2, 0.25) is 0 Å². The maximum absolute atomic E-state index is 12.2. The first-order valence-electron chi connectivity index (χ1n) is 6.41. The van der Waals surface area contributed by atoms with E-state index in [9.17, 15) is 23.3 Å². The van der Waals surface area contributed by atoms with E-state index in [2.05, 4.69) is 0 Å². The van der Waals surface area contributed by atoms with Crippen molar-refractivity contribution in [1.29, 1.82) is 0 Å². The number of sulfone groups is 1. The van der Waals surface area contributed by atoms with E-state index in [0.717, 1.165) is 18.9 Å². The summed E-state index contributed by atoms with van der Waals surface area (Å²) in [5.74, 6) is -1.20. The number of Topliss-reactive ketones (excluding diaryl/α,β-unsaturated/α-hetero) is 1. The Kier molecular flexibility index (Phi) is 4.17. The summed E-state index contributed by atoms with van der Waals surface area (Å²) in [5, 5.41) is 10.9. The third kappa shape index (κ3) is 3.04. The molecule has 1 aromatic carbocycles. The van der Waals surface area contributed by atoms with Crippen LogP contribution in [0.3, 0.4) is 0 Å². The van der Waals surface area contributed by atoms with Crippen LogP contribution < -0.4 is 0 Å². The normalized spacial score (nSPS) is 16.2. The van der Waals surface area contributed by atoms with Crippen LogP contribution in [-0.4, -0.2) is 24.9 Å². The molecule has 1 aromatic rings. The highest BCUT2D eigenvalue weighted by molar-refractivity contribution is 7.92. The zero-order chi connectivity index (χ0) is 14.8. The second kappa shape index (κ2) is 5.70. The van der Waals surface area contributed by atoms with Gasteiger partial charge in [-0.25, -0.2) is 8.42 Å². The topological polar surface area (TPSA) is 94.3 Å². The Morgan fingerprint density at radius 1 is 1.25 bits per heavy atom. The average molecular weight is 297 g/mol. The van der Waals surface area contributed by atoms with E-state index in [1.54, 1.807) is 0 Å². The zero-order valence-electron chi connectivity index (χ0n) is 10.8. The molecule has 108 valence electrons. The van der Waals surface area contributed by atoms with Crippen molar-refractivity contribution in [3.63, 3.8) is 0 Å². The van der Waals surface area contributed by atoms with Gasteiger partial charge < -0.3 is 0 Å². The van der Waals surface area contributed by atoms with Gasteiger partial charge in [0.05, 0.1) is 4.92 Å². The summed E-state index contributed by atoms with van der Waals surface area (Å²) in [6.07, 6.45) is 3.29. The van der Waals surface area contributed by atoms with Crippen molar-refractivity contribution in [3.8, 4) is 0 Å². The smallest absolute Gasteiger partial charge is 0.287 e. The maximum atomic E-state index is 12.2. The number of hydrogen-bond acceptors (Lipinski definition) is 5. The number of hydrogen-bond donors (Lipinski definition) is 0. The van der Waals surface area contributed by atoms with Gasteiger partial charge in [-0.2, -0.15) is 0 Å². The number of benzene rings is 1. The summed E-state index contributed by atoms with van der Waals surface area (Å²) in [6, 6.07) is 5.12. The summed E-state index contributed by atoms with van der Waals surface area (Å²) in [7, 11) is -3.96. The zero-order valence-corrected chi connectivity index (χ0v) is 11.6. The Balaban J connectivity index is 2.26. The summed E-state index contributed by atoms with van der Waals surface area (Å²) in [6.45, 7) is 0. The highest BCUT2D eigenvalue weighted by Crippen LogP contribution is 2.28. The van der Waals surface area contributed by atoms with Gasteiger partial charge in [-0.3, -0.25) is 14.9 Å². The third-order valence-corrected chi connectivity index (χ3v) is 5.22. The number of nitro groups is 1. The van der Waals surface area contributed by atoms with Crippen molar-refractivity contribution in [2.24, 2.45) is 5.92 Å². The first-order chi connectivity index (χ1) is 9.42. The lowest BCUT2D eigenvalue weighted by atomic mass is 10.0. The molecule has 1 aliphatic carbocycles. The molecule has 0 heterocycles. The molecule has 0 unspecified atom stereocenters. The minimum Gasteiger partial charge on any atom is -0.298 e. The minimum atomic E-state index is -3.96. The van der Waals surface area contributed by atoms with Crippen LogP contribution in [0.4, 0.5) is 5.69 Å². The van der Waals surface area contributed by atoms with Crippen LogP contribution in [0, 0.1) is 16.0 Å². The largest absolute Gasteiger partial charge is 0.298 e. The van der Waals surface area contributed by atoms with E-state index in [1.165, 1.54) is 18.2 Å². The van der Waals surface area contributed by atoms with Gasteiger partial charge in [-0.15, -0.1) is 0 Å². The molecule has 1 saturated carbocycles.